The quantitative estimate of drug-likeness (QED) is 0.154. The van der Waals surface area contributed by atoms with Crippen molar-refractivity contribution in [2.75, 3.05) is 5.32 Å². The molecule has 0 aliphatic rings. The van der Waals surface area contributed by atoms with Crippen molar-refractivity contribution in [3.8, 4) is 11.5 Å². The van der Waals surface area contributed by atoms with Gasteiger partial charge in [-0.3, -0.25) is 14.4 Å². The van der Waals surface area contributed by atoms with Gasteiger partial charge in [-0.1, -0.05) is 66.7 Å². The molecule has 1 aromatic heterocycles. The first-order valence-electron chi connectivity index (χ1n) is 12.9. The molecule has 5 rings (SSSR count). The number of aromatic nitrogens is 1. The van der Waals surface area contributed by atoms with E-state index in [-0.39, 0.29) is 30.1 Å². The zero-order valence-corrected chi connectivity index (χ0v) is 22.0. The molecule has 0 radical (unpaired) electrons. The zero-order chi connectivity index (χ0) is 29.7. The number of benzene rings is 4. The summed E-state index contributed by atoms with van der Waals surface area (Å²) in [6.45, 7) is -0.163. The van der Waals surface area contributed by atoms with Crippen LogP contribution in [0.1, 0.15) is 21.5 Å². The summed E-state index contributed by atoms with van der Waals surface area (Å²) in [5.41, 5.74) is 0.316. The second kappa shape index (κ2) is 12.0. The third-order valence-electron chi connectivity index (χ3n) is 6.35. The first kappa shape index (κ1) is 28.2. The maximum Gasteiger partial charge on any atom is 0.416 e. The predicted molar refractivity (Wildman–Crippen MR) is 151 cm³/mol. The standard InChI is InChI=1S/C32H24F3N3O4/c33-32(34,35)22-15-23(17-25(16-22)42-24-11-5-2-6-12-24)37-29(39)20-38-19-27(26-13-7-8-14-28(26)38)30(40)31(41)36-18-21-9-3-1-4-10-21/h1-17,19H,18,20H2,(H,36,41)(H,37,39). The van der Waals surface area contributed by atoms with Crippen LogP contribution in [-0.4, -0.2) is 22.2 Å². The number of fused-ring (bicyclic) bond motifs is 1. The fourth-order valence-electron chi connectivity index (χ4n) is 4.41. The predicted octanol–water partition coefficient (Wildman–Crippen LogP) is 6.59. The van der Waals surface area contributed by atoms with Gasteiger partial charge in [0.2, 0.25) is 5.91 Å². The Labute approximate surface area is 238 Å². The van der Waals surface area contributed by atoms with Crippen LogP contribution in [0.3, 0.4) is 0 Å². The Bertz CT molecular complexity index is 1750. The summed E-state index contributed by atoms with van der Waals surface area (Å²) in [4.78, 5) is 38.7. The summed E-state index contributed by atoms with van der Waals surface area (Å²) in [5.74, 6) is -2.00. The molecule has 7 nitrogen and oxygen atoms in total. The molecule has 0 saturated heterocycles. The van der Waals surface area contributed by atoms with E-state index in [9.17, 15) is 27.6 Å². The largest absolute Gasteiger partial charge is 0.457 e. The monoisotopic (exact) mass is 571 g/mol. The number of alkyl halides is 3. The van der Waals surface area contributed by atoms with Gasteiger partial charge in [0.15, 0.2) is 0 Å². The van der Waals surface area contributed by atoms with Crippen LogP contribution in [0.25, 0.3) is 10.9 Å². The molecule has 42 heavy (non-hydrogen) atoms. The lowest BCUT2D eigenvalue weighted by Crippen LogP contribution is -2.30. The number of amides is 2. The van der Waals surface area contributed by atoms with Crippen LogP contribution in [0.15, 0.2) is 109 Å². The first-order valence-corrected chi connectivity index (χ1v) is 12.9. The SMILES string of the molecule is O=C(Cn1cc(C(=O)C(=O)NCc2ccccc2)c2ccccc21)Nc1cc(Oc2ccccc2)cc(C(F)(F)F)c1. The van der Waals surface area contributed by atoms with Crippen molar-refractivity contribution in [3.05, 3.63) is 126 Å². The highest BCUT2D eigenvalue weighted by molar-refractivity contribution is 6.45. The highest BCUT2D eigenvalue weighted by atomic mass is 19.4. The minimum atomic E-state index is -4.68. The van der Waals surface area contributed by atoms with E-state index < -0.39 is 29.3 Å². The molecule has 0 spiro atoms. The van der Waals surface area contributed by atoms with Gasteiger partial charge in [-0.15, -0.1) is 0 Å². The number of carbonyl (C=O) groups is 3. The van der Waals surface area contributed by atoms with Crippen LogP contribution < -0.4 is 15.4 Å². The molecule has 1 heterocycles. The normalized spacial score (nSPS) is 11.2. The van der Waals surface area contributed by atoms with Crippen LogP contribution in [0.2, 0.25) is 0 Å². The zero-order valence-electron chi connectivity index (χ0n) is 22.0. The van der Waals surface area contributed by atoms with E-state index in [1.165, 1.54) is 16.8 Å². The Hall–Kier alpha value is -5.38. The molecule has 0 saturated carbocycles. The Kier molecular flexibility index (Phi) is 8.05. The highest BCUT2D eigenvalue weighted by Crippen LogP contribution is 2.35. The van der Waals surface area contributed by atoms with E-state index in [1.54, 1.807) is 54.6 Å². The molecule has 5 aromatic rings. The van der Waals surface area contributed by atoms with Gasteiger partial charge in [-0.05, 0) is 35.9 Å². The molecule has 10 heteroatoms. The average Bonchev–Trinajstić information content (AvgIpc) is 3.34. The smallest absolute Gasteiger partial charge is 0.416 e. The van der Waals surface area contributed by atoms with Crippen LogP contribution in [0.4, 0.5) is 18.9 Å². The van der Waals surface area contributed by atoms with E-state index >= 15 is 0 Å². The van der Waals surface area contributed by atoms with Crippen LogP contribution >= 0.6 is 0 Å². The molecule has 4 aromatic carbocycles. The Morgan fingerprint density at radius 1 is 0.786 bits per heavy atom. The number of Topliss-reactive ketones (excluding diaryl/α,β-unsaturated/α-hetero) is 1. The van der Waals surface area contributed by atoms with Crippen molar-refractivity contribution in [1.82, 2.24) is 9.88 Å². The molecular formula is C32H24F3N3O4. The molecule has 0 aliphatic heterocycles. The minimum Gasteiger partial charge on any atom is -0.457 e. The van der Waals surface area contributed by atoms with E-state index in [4.69, 9.17) is 4.74 Å². The van der Waals surface area contributed by atoms with E-state index in [2.05, 4.69) is 10.6 Å². The molecule has 212 valence electrons. The number of para-hydroxylation sites is 2. The van der Waals surface area contributed by atoms with Gasteiger partial charge in [-0.2, -0.15) is 13.2 Å². The molecule has 0 fully saturated rings. The Morgan fingerprint density at radius 2 is 1.45 bits per heavy atom. The Balaban J connectivity index is 1.35. The maximum absolute atomic E-state index is 13.6. The lowest BCUT2D eigenvalue weighted by atomic mass is 10.1. The Morgan fingerprint density at radius 3 is 2.17 bits per heavy atom. The van der Waals surface area contributed by atoms with Crippen LogP contribution in [0.5, 0.6) is 11.5 Å². The topological polar surface area (TPSA) is 89.4 Å². The second-order valence-corrected chi connectivity index (χ2v) is 9.39. The van der Waals surface area contributed by atoms with Crippen molar-refractivity contribution >= 4 is 34.2 Å². The number of ether oxygens (including phenoxy) is 1. The third kappa shape index (κ3) is 6.67. The number of ketones is 1. The van der Waals surface area contributed by atoms with Crippen molar-refractivity contribution < 1.29 is 32.3 Å². The van der Waals surface area contributed by atoms with Gasteiger partial charge >= 0.3 is 6.18 Å². The molecule has 2 N–H and O–H groups in total. The minimum absolute atomic E-state index is 0.0987. The van der Waals surface area contributed by atoms with Crippen molar-refractivity contribution in [1.29, 1.82) is 0 Å². The van der Waals surface area contributed by atoms with Crippen molar-refractivity contribution in [2.24, 2.45) is 0 Å². The fourth-order valence-corrected chi connectivity index (χ4v) is 4.41. The molecule has 0 bridgehead atoms. The lowest BCUT2D eigenvalue weighted by molar-refractivity contribution is -0.137. The van der Waals surface area contributed by atoms with Gasteiger partial charge < -0.3 is 19.9 Å². The van der Waals surface area contributed by atoms with Gasteiger partial charge in [0.05, 0.1) is 11.1 Å². The summed E-state index contributed by atoms with van der Waals surface area (Å²) < 4.78 is 47.9. The molecular weight excluding hydrogens is 547 g/mol. The maximum atomic E-state index is 13.6. The summed E-state index contributed by atoms with van der Waals surface area (Å²) >= 11 is 0. The third-order valence-corrected chi connectivity index (χ3v) is 6.35. The highest BCUT2D eigenvalue weighted by Gasteiger charge is 2.32. The number of rotatable bonds is 9. The summed E-state index contributed by atoms with van der Waals surface area (Å²) in [6.07, 6.45) is -3.28. The summed E-state index contributed by atoms with van der Waals surface area (Å²) in [5, 5.41) is 5.55. The van der Waals surface area contributed by atoms with Crippen LogP contribution in [0, 0.1) is 0 Å². The number of halogens is 3. The number of hydrogen-bond acceptors (Lipinski definition) is 4. The second-order valence-electron chi connectivity index (χ2n) is 9.39. The van der Waals surface area contributed by atoms with Gasteiger partial charge in [-0.25, -0.2) is 0 Å². The van der Waals surface area contributed by atoms with Crippen molar-refractivity contribution in [3.63, 3.8) is 0 Å². The number of hydrogen-bond donors (Lipinski definition) is 2. The fraction of sp³-hybridized carbons (Fsp3) is 0.0938. The summed E-state index contributed by atoms with van der Waals surface area (Å²) in [6, 6.07) is 27.1. The average molecular weight is 572 g/mol. The molecule has 2 amide bonds. The van der Waals surface area contributed by atoms with E-state index in [0.717, 1.165) is 17.7 Å². The van der Waals surface area contributed by atoms with Gasteiger partial charge in [0, 0.05) is 35.4 Å². The molecule has 0 atom stereocenters. The number of nitrogens with zero attached hydrogens (tertiary/aromatic N) is 1. The van der Waals surface area contributed by atoms with E-state index in [0.29, 0.717) is 16.7 Å². The molecule has 0 unspecified atom stereocenters. The lowest BCUT2D eigenvalue weighted by Gasteiger charge is -2.14. The van der Waals surface area contributed by atoms with Crippen molar-refractivity contribution in [2.45, 2.75) is 19.3 Å². The van der Waals surface area contributed by atoms with Gasteiger partial charge in [0.1, 0.15) is 18.0 Å². The first-order chi connectivity index (χ1) is 20.2. The number of anilines is 1. The van der Waals surface area contributed by atoms with Gasteiger partial charge in [0.25, 0.3) is 11.7 Å². The summed E-state index contributed by atoms with van der Waals surface area (Å²) in [7, 11) is 0. The number of nitrogens with one attached hydrogen (secondary N) is 2. The number of carbonyl (C=O) groups excluding carboxylic acids is 3. The van der Waals surface area contributed by atoms with E-state index in [1.807, 2.05) is 30.3 Å². The molecule has 0 aliphatic carbocycles. The van der Waals surface area contributed by atoms with Crippen LogP contribution in [-0.2, 0) is 28.9 Å².